The molecule has 0 spiro atoms. The Morgan fingerprint density at radius 1 is 0.944 bits per heavy atom. The van der Waals surface area contributed by atoms with Gasteiger partial charge in [-0.05, 0) is 0 Å². The molecular formula is C28H28CrNO6-. The van der Waals surface area contributed by atoms with Crippen LogP contribution in [0.5, 0.6) is 0 Å². The molecule has 8 heteroatoms. The molecule has 0 saturated carbocycles. The summed E-state index contributed by atoms with van der Waals surface area (Å²) in [7, 11) is 5.17. The van der Waals surface area contributed by atoms with Crippen LogP contribution < -0.4 is 0 Å². The van der Waals surface area contributed by atoms with E-state index in [-0.39, 0.29) is 19.3 Å². The molecule has 2 rings (SSSR count). The molecule has 0 N–H and O–H groups in total. The first-order chi connectivity index (χ1) is 17.0. The normalized spacial score (nSPS) is 9.36. The summed E-state index contributed by atoms with van der Waals surface area (Å²) >= 11 is 3.09. The predicted molar refractivity (Wildman–Crippen MR) is 130 cm³/mol. The van der Waals surface area contributed by atoms with E-state index in [4.69, 9.17) is 23.3 Å². The van der Waals surface area contributed by atoms with Gasteiger partial charge >= 0.3 is 215 Å². The first kappa shape index (κ1) is 39.8. The topological polar surface area (TPSA) is 109 Å². The van der Waals surface area contributed by atoms with Crippen LogP contribution in [0.1, 0.15) is 33.8 Å². The number of rotatable bonds is 8. The van der Waals surface area contributed by atoms with Crippen molar-refractivity contribution in [2.45, 2.75) is 12.3 Å². The Bertz CT molecular complexity index is 996. The van der Waals surface area contributed by atoms with Crippen molar-refractivity contribution < 1.29 is 44.0 Å². The second-order valence-corrected chi connectivity index (χ2v) is 7.07. The van der Waals surface area contributed by atoms with Crippen LogP contribution in [0.4, 0.5) is 0 Å². The Morgan fingerprint density at radius 3 is 1.81 bits per heavy atom. The van der Waals surface area contributed by atoms with E-state index in [0.29, 0.717) is 12.0 Å². The summed E-state index contributed by atoms with van der Waals surface area (Å²) in [4.78, 5) is 14.0. The molecule has 1 unspecified atom stereocenters. The minimum Gasteiger partial charge on any atom is -0.358 e. The van der Waals surface area contributed by atoms with Gasteiger partial charge in [-0.15, -0.1) is 0 Å². The Morgan fingerprint density at radius 2 is 1.39 bits per heavy atom. The average Bonchev–Trinajstić information content (AvgIpc) is 2.95. The van der Waals surface area contributed by atoms with Crippen molar-refractivity contribution in [2.24, 2.45) is 0 Å². The third kappa shape index (κ3) is 14.1. The van der Waals surface area contributed by atoms with Crippen molar-refractivity contribution in [1.82, 2.24) is 4.90 Å². The average molecular weight is 527 g/mol. The molecule has 0 fully saturated rings. The molecule has 36 heavy (non-hydrogen) atoms. The molecule has 2 aromatic rings. The Balaban J connectivity index is -0.000000517. The van der Waals surface area contributed by atoms with Crippen LogP contribution in [-0.4, -0.2) is 36.4 Å². The van der Waals surface area contributed by atoms with Crippen LogP contribution in [0.15, 0.2) is 79.1 Å². The summed E-state index contributed by atoms with van der Waals surface area (Å²) in [5.41, 5.74) is 2.71. The first-order valence-corrected chi connectivity index (χ1v) is 10.2. The number of nitrogens with zero attached hydrogens (tertiary/aromatic N) is 1. The Hall–Kier alpha value is -3.45. The maximum atomic E-state index is 12.5. The summed E-state index contributed by atoms with van der Waals surface area (Å²) in [6, 6.07) is 17.8. The zero-order chi connectivity index (χ0) is 27.8. The standard InChI is InChI=1S/C23H25NO2.4CO.CH3.Cr/c1-5-18(19-11-7-6-8-12-19)17-21(26-4)16-15-20-13-9-10-14-22(20)23(25)24(2)3;4*1-2;;/h5-14,16,18H,1,17H2,2-4H3;;;;;1H3;/q;;;;;-1;/b21-16+;;;;;;. The number of benzene rings is 2. The van der Waals surface area contributed by atoms with Crippen LogP contribution >= 0.6 is 0 Å². The van der Waals surface area contributed by atoms with Gasteiger partial charge in [0.2, 0.25) is 0 Å². The molecular weight excluding hydrogens is 498 g/mol. The SMILES string of the molecule is C=CC(C/C(=C\[C](=[Cr])c1ccccc1C(=O)N(C)C)OC)c1ccccc1.[C-]#[O+].[C-]#[O+].[C-]#[O+].[C-]#[O+].[CH3-]. The van der Waals surface area contributed by atoms with E-state index in [9.17, 15) is 4.79 Å². The number of carbonyl (C=O) groups excluding carboxylic acids is 1. The maximum absolute atomic E-state index is 12.5. The van der Waals surface area contributed by atoms with Crippen LogP contribution in [-0.2, 0) is 39.2 Å². The fourth-order valence-corrected chi connectivity index (χ4v) is 3.29. The minimum absolute atomic E-state index is 0. The van der Waals surface area contributed by atoms with Gasteiger partial charge in [-0.3, -0.25) is 0 Å². The van der Waals surface area contributed by atoms with Gasteiger partial charge in [0.25, 0.3) is 0 Å². The Kier molecular flexibility index (Phi) is 28.9. The van der Waals surface area contributed by atoms with Gasteiger partial charge in [0.05, 0.1) is 0 Å². The van der Waals surface area contributed by atoms with Crippen molar-refractivity contribution in [3.8, 4) is 0 Å². The predicted octanol–water partition coefficient (Wildman–Crippen LogP) is 4.65. The zero-order valence-electron chi connectivity index (χ0n) is 20.6. The molecule has 188 valence electrons. The fourth-order valence-electron chi connectivity index (χ4n) is 2.80. The van der Waals surface area contributed by atoms with Crippen molar-refractivity contribution in [3.63, 3.8) is 0 Å². The van der Waals surface area contributed by atoms with E-state index < -0.39 is 0 Å². The zero-order valence-corrected chi connectivity index (χ0v) is 21.9. The molecule has 0 radical (unpaired) electrons. The van der Waals surface area contributed by atoms with Crippen molar-refractivity contribution in [3.05, 3.63) is 130 Å². The monoisotopic (exact) mass is 526 g/mol. The summed E-state index contributed by atoms with van der Waals surface area (Å²) in [5, 5.41) is 0. The molecule has 0 aliphatic heterocycles. The first-order valence-electron chi connectivity index (χ1n) is 9.56. The number of ether oxygens (including phenoxy) is 1. The summed E-state index contributed by atoms with van der Waals surface area (Å²) in [6.45, 7) is 22.0. The second-order valence-electron chi connectivity index (χ2n) is 6.38. The van der Waals surface area contributed by atoms with Crippen LogP contribution in [0, 0.1) is 34.0 Å². The number of amides is 1. The molecule has 0 aliphatic rings. The van der Waals surface area contributed by atoms with Crippen LogP contribution in [0.3, 0.4) is 0 Å². The molecule has 0 bridgehead atoms. The van der Waals surface area contributed by atoms with Crippen molar-refractivity contribution in [2.75, 3.05) is 21.2 Å². The third-order valence-corrected chi connectivity index (χ3v) is 4.84. The van der Waals surface area contributed by atoms with E-state index in [1.54, 1.807) is 26.1 Å². The molecule has 2 aromatic carbocycles. The molecule has 1 amide bonds. The summed E-state index contributed by atoms with van der Waals surface area (Å²) in [6.07, 6.45) is 4.59. The molecule has 1 atom stereocenters. The maximum Gasteiger partial charge on any atom is -0.358 e. The van der Waals surface area contributed by atoms with E-state index >= 15 is 0 Å². The van der Waals surface area contributed by atoms with Gasteiger partial charge in [0.1, 0.15) is 0 Å². The van der Waals surface area contributed by atoms with Gasteiger partial charge in [0.15, 0.2) is 0 Å². The number of carbonyl (C=O) groups is 1. The third-order valence-electron chi connectivity index (χ3n) is 4.32. The molecule has 7 nitrogen and oxygen atoms in total. The molecule has 0 heterocycles. The number of methoxy groups -OCH3 is 1. The van der Waals surface area contributed by atoms with Gasteiger partial charge < -0.3 is 7.43 Å². The summed E-state index contributed by atoms with van der Waals surface area (Å²) in [5.74, 6) is 0.951. The molecule has 0 aromatic heterocycles. The Labute approximate surface area is 222 Å². The van der Waals surface area contributed by atoms with Gasteiger partial charge in [-0.25, -0.2) is 0 Å². The number of hydrogen-bond acceptors (Lipinski definition) is 2. The quantitative estimate of drug-likeness (QED) is 0.216. The molecule has 0 aliphatic carbocycles. The summed E-state index contributed by atoms with van der Waals surface area (Å²) < 4.78 is 36.5. The fraction of sp³-hybridized carbons (Fsp3) is 0.179. The molecule has 0 saturated heterocycles. The smallest absolute Gasteiger partial charge is 0.358 e. The number of hydrogen-bond donors (Lipinski definition) is 0. The van der Waals surface area contributed by atoms with Crippen LogP contribution in [0.2, 0.25) is 0 Å². The van der Waals surface area contributed by atoms with Crippen molar-refractivity contribution >= 4 is 10.3 Å². The largest absolute Gasteiger partial charge is 0.358 e. The number of allylic oxidation sites excluding steroid dienone is 3. The van der Waals surface area contributed by atoms with E-state index in [1.165, 1.54) is 5.56 Å². The van der Waals surface area contributed by atoms with E-state index in [1.807, 2.05) is 54.6 Å². The van der Waals surface area contributed by atoms with E-state index in [2.05, 4.69) is 61.2 Å². The van der Waals surface area contributed by atoms with Gasteiger partial charge in [0, 0.05) is 0 Å². The van der Waals surface area contributed by atoms with Gasteiger partial charge in [-0.1, -0.05) is 0 Å². The minimum atomic E-state index is -0.0287. The van der Waals surface area contributed by atoms with Crippen LogP contribution in [0.25, 0.3) is 0 Å². The van der Waals surface area contributed by atoms with Gasteiger partial charge in [-0.2, -0.15) is 0 Å². The second kappa shape index (κ2) is 26.2. The van der Waals surface area contributed by atoms with E-state index in [0.717, 1.165) is 15.7 Å². The van der Waals surface area contributed by atoms with Crippen molar-refractivity contribution in [1.29, 1.82) is 0 Å².